The SMILES string of the molecule is COc1ccc2c(c1)c(C[C@H](C)NC(=O)c1sc3nc(C)[nH]c(=O)c3c1C)cn2C. The number of rotatable bonds is 5. The van der Waals surface area contributed by atoms with E-state index in [9.17, 15) is 9.59 Å². The Kier molecular flexibility index (Phi) is 5.11. The topological polar surface area (TPSA) is 89.0 Å². The molecule has 1 aromatic carbocycles. The molecule has 2 N–H and O–H groups in total. The predicted octanol–water partition coefficient (Wildman–Crippen LogP) is 3.46. The van der Waals surface area contributed by atoms with Gasteiger partial charge in [0.1, 0.15) is 16.4 Å². The number of aromatic amines is 1. The Labute approximate surface area is 177 Å². The number of benzene rings is 1. The molecule has 8 heteroatoms. The highest BCUT2D eigenvalue weighted by atomic mass is 32.1. The molecule has 3 aromatic heterocycles. The van der Waals surface area contributed by atoms with Crippen LogP contribution in [-0.2, 0) is 13.5 Å². The van der Waals surface area contributed by atoms with E-state index in [0.29, 0.717) is 32.9 Å². The van der Waals surface area contributed by atoms with Gasteiger partial charge in [0.05, 0.1) is 17.4 Å². The maximum atomic E-state index is 12.9. The number of amides is 1. The zero-order chi connectivity index (χ0) is 21.6. The predicted molar refractivity (Wildman–Crippen MR) is 120 cm³/mol. The average Bonchev–Trinajstić information content (AvgIpc) is 3.18. The summed E-state index contributed by atoms with van der Waals surface area (Å²) in [5.41, 5.74) is 2.72. The number of fused-ring (bicyclic) bond motifs is 2. The third-order valence-electron chi connectivity index (χ3n) is 5.31. The van der Waals surface area contributed by atoms with Crippen molar-refractivity contribution in [2.45, 2.75) is 33.2 Å². The fourth-order valence-corrected chi connectivity index (χ4v) is 5.01. The molecule has 0 saturated carbocycles. The Bertz CT molecular complexity index is 1330. The van der Waals surface area contributed by atoms with Gasteiger partial charge in [0.15, 0.2) is 0 Å². The first kappa shape index (κ1) is 20.2. The van der Waals surface area contributed by atoms with Gasteiger partial charge in [-0.15, -0.1) is 11.3 Å². The van der Waals surface area contributed by atoms with Crippen molar-refractivity contribution in [3.8, 4) is 5.75 Å². The molecular weight excluding hydrogens is 400 g/mol. The van der Waals surface area contributed by atoms with E-state index in [2.05, 4.69) is 26.0 Å². The fraction of sp³-hybridized carbons (Fsp3) is 0.318. The number of aryl methyl sites for hydroxylation is 3. The minimum Gasteiger partial charge on any atom is -0.497 e. The van der Waals surface area contributed by atoms with Crippen LogP contribution in [0.3, 0.4) is 0 Å². The summed E-state index contributed by atoms with van der Waals surface area (Å²) in [4.78, 5) is 33.4. The molecule has 4 aromatic rings. The number of carbonyl (C=O) groups is 1. The zero-order valence-corrected chi connectivity index (χ0v) is 18.4. The molecular formula is C22H24N4O3S. The first-order valence-corrected chi connectivity index (χ1v) is 10.5. The van der Waals surface area contributed by atoms with E-state index in [1.165, 1.54) is 11.3 Å². The number of H-pyrrole nitrogens is 1. The van der Waals surface area contributed by atoms with Gasteiger partial charge < -0.3 is 19.6 Å². The second kappa shape index (κ2) is 7.60. The van der Waals surface area contributed by atoms with Crippen LogP contribution >= 0.6 is 11.3 Å². The molecule has 0 fully saturated rings. The van der Waals surface area contributed by atoms with Gasteiger partial charge in [0.25, 0.3) is 11.5 Å². The van der Waals surface area contributed by atoms with E-state index >= 15 is 0 Å². The molecule has 156 valence electrons. The first-order valence-electron chi connectivity index (χ1n) is 9.71. The summed E-state index contributed by atoms with van der Waals surface area (Å²) in [6.07, 6.45) is 2.77. The number of nitrogens with one attached hydrogen (secondary N) is 2. The summed E-state index contributed by atoms with van der Waals surface area (Å²) in [5.74, 6) is 1.17. The number of hydrogen-bond acceptors (Lipinski definition) is 5. The third kappa shape index (κ3) is 3.47. The quantitative estimate of drug-likeness (QED) is 0.513. The van der Waals surface area contributed by atoms with Crippen molar-refractivity contribution in [3.63, 3.8) is 0 Å². The van der Waals surface area contributed by atoms with Crippen molar-refractivity contribution in [1.29, 1.82) is 0 Å². The lowest BCUT2D eigenvalue weighted by molar-refractivity contribution is 0.0944. The number of thiophene rings is 1. The molecule has 30 heavy (non-hydrogen) atoms. The molecule has 0 aliphatic heterocycles. The fourth-order valence-electron chi connectivity index (χ4n) is 3.88. The molecule has 1 amide bonds. The molecule has 7 nitrogen and oxygen atoms in total. The number of nitrogens with zero attached hydrogens (tertiary/aromatic N) is 2. The number of carbonyl (C=O) groups excluding carboxylic acids is 1. The van der Waals surface area contributed by atoms with Crippen LogP contribution in [0.2, 0.25) is 0 Å². The number of aromatic nitrogens is 3. The smallest absolute Gasteiger partial charge is 0.261 e. The van der Waals surface area contributed by atoms with Crippen molar-refractivity contribution >= 4 is 38.4 Å². The van der Waals surface area contributed by atoms with Crippen LogP contribution in [0.15, 0.2) is 29.2 Å². The third-order valence-corrected chi connectivity index (χ3v) is 6.49. The standard InChI is InChI=1S/C22H24N4O3S/c1-11(8-14-10-26(4)17-7-6-15(29-5)9-16(14)17)23-21(28)19-12(2)18-20(27)24-13(3)25-22(18)30-19/h6-7,9-11H,8H2,1-5H3,(H,23,28)(H,24,25,27)/t11-/m0/s1. The minimum atomic E-state index is -0.206. The van der Waals surface area contributed by atoms with Crippen LogP contribution in [0.4, 0.5) is 0 Å². The van der Waals surface area contributed by atoms with Crippen LogP contribution in [0.1, 0.15) is 33.5 Å². The Morgan fingerprint density at radius 1 is 1.37 bits per heavy atom. The van der Waals surface area contributed by atoms with Crippen molar-refractivity contribution < 1.29 is 9.53 Å². The van der Waals surface area contributed by atoms with E-state index in [4.69, 9.17) is 4.74 Å². The normalized spacial score (nSPS) is 12.4. The van der Waals surface area contributed by atoms with Crippen molar-refractivity contribution in [2.24, 2.45) is 7.05 Å². The van der Waals surface area contributed by atoms with Crippen molar-refractivity contribution in [1.82, 2.24) is 19.9 Å². The molecule has 0 aliphatic rings. The van der Waals surface area contributed by atoms with E-state index in [1.54, 1.807) is 21.0 Å². The van der Waals surface area contributed by atoms with E-state index < -0.39 is 0 Å². The summed E-state index contributed by atoms with van der Waals surface area (Å²) in [6.45, 7) is 5.51. The van der Waals surface area contributed by atoms with Gasteiger partial charge in [-0.25, -0.2) is 4.98 Å². The number of ether oxygens (including phenoxy) is 1. The molecule has 4 rings (SSSR count). The van der Waals surface area contributed by atoms with Crippen LogP contribution in [0, 0.1) is 13.8 Å². The van der Waals surface area contributed by atoms with Gasteiger partial charge in [0, 0.05) is 30.2 Å². The van der Waals surface area contributed by atoms with Crippen molar-refractivity contribution in [3.05, 3.63) is 56.6 Å². The monoisotopic (exact) mass is 424 g/mol. The second-order valence-corrected chi connectivity index (χ2v) is 8.61. The average molecular weight is 425 g/mol. The molecule has 0 aliphatic carbocycles. The summed E-state index contributed by atoms with van der Waals surface area (Å²) in [7, 11) is 3.66. The van der Waals surface area contributed by atoms with Gasteiger partial charge in [0.2, 0.25) is 0 Å². The largest absolute Gasteiger partial charge is 0.497 e. The lowest BCUT2D eigenvalue weighted by Gasteiger charge is -2.13. The summed E-state index contributed by atoms with van der Waals surface area (Å²) < 4.78 is 7.44. The maximum absolute atomic E-state index is 12.9. The lowest BCUT2D eigenvalue weighted by Crippen LogP contribution is -2.34. The maximum Gasteiger partial charge on any atom is 0.261 e. The highest BCUT2D eigenvalue weighted by Gasteiger charge is 2.21. The number of methoxy groups -OCH3 is 1. The summed E-state index contributed by atoms with van der Waals surface area (Å²) >= 11 is 1.26. The van der Waals surface area contributed by atoms with E-state index in [1.807, 2.05) is 32.2 Å². The van der Waals surface area contributed by atoms with Gasteiger partial charge in [-0.05, 0) is 56.5 Å². The van der Waals surface area contributed by atoms with Gasteiger partial charge >= 0.3 is 0 Å². The highest BCUT2D eigenvalue weighted by molar-refractivity contribution is 7.20. The summed E-state index contributed by atoms with van der Waals surface area (Å²) in [5, 5.41) is 4.68. The minimum absolute atomic E-state index is 0.0908. The number of hydrogen-bond donors (Lipinski definition) is 2. The summed E-state index contributed by atoms with van der Waals surface area (Å²) in [6, 6.07) is 5.91. The van der Waals surface area contributed by atoms with E-state index in [-0.39, 0.29) is 17.5 Å². The molecule has 0 spiro atoms. The second-order valence-electron chi connectivity index (χ2n) is 7.61. The lowest BCUT2D eigenvalue weighted by atomic mass is 10.1. The van der Waals surface area contributed by atoms with Gasteiger partial charge in [-0.1, -0.05) is 0 Å². The van der Waals surface area contributed by atoms with Gasteiger partial charge in [-0.2, -0.15) is 0 Å². The van der Waals surface area contributed by atoms with Gasteiger partial charge in [-0.3, -0.25) is 9.59 Å². The Balaban J connectivity index is 1.58. The van der Waals surface area contributed by atoms with Crippen LogP contribution in [0.5, 0.6) is 5.75 Å². The first-order chi connectivity index (χ1) is 14.3. The molecule has 0 unspecified atom stereocenters. The van der Waals surface area contributed by atoms with Crippen molar-refractivity contribution in [2.75, 3.05) is 7.11 Å². The molecule has 3 heterocycles. The van der Waals surface area contributed by atoms with Crippen LogP contribution in [0.25, 0.3) is 21.1 Å². The molecule has 1 atom stereocenters. The zero-order valence-electron chi connectivity index (χ0n) is 17.6. The van der Waals surface area contributed by atoms with E-state index in [0.717, 1.165) is 22.2 Å². The van der Waals surface area contributed by atoms with Crippen LogP contribution < -0.4 is 15.6 Å². The van der Waals surface area contributed by atoms with Crippen LogP contribution in [-0.4, -0.2) is 33.6 Å². The Morgan fingerprint density at radius 2 is 2.13 bits per heavy atom. The highest BCUT2D eigenvalue weighted by Crippen LogP contribution is 2.28. The Hall–Kier alpha value is -3.13. The molecule has 0 radical (unpaired) electrons. The Morgan fingerprint density at radius 3 is 2.87 bits per heavy atom. The molecule has 0 saturated heterocycles. The molecule has 0 bridgehead atoms.